The summed E-state index contributed by atoms with van der Waals surface area (Å²) in [7, 11) is 2.08. The highest BCUT2D eigenvalue weighted by molar-refractivity contribution is 5.91. The Morgan fingerprint density at radius 3 is 2.65 bits per heavy atom. The van der Waals surface area contributed by atoms with Crippen molar-refractivity contribution in [1.82, 2.24) is 20.7 Å². The number of hydrogen-bond donors (Lipinski definition) is 3. The van der Waals surface area contributed by atoms with Crippen LogP contribution in [0.4, 0.5) is 0 Å². The van der Waals surface area contributed by atoms with Gasteiger partial charge in [0.1, 0.15) is 0 Å². The third kappa shape index (κ3) is 5.41. The van der Waals surface area contributed by atoms with Crippen LogP contribution in [0.2, 0.25) is 0 Å². The summed E-state index contributed by atoms with van der Waals surface area (Å²) in [6.45, 7) is 7.11. The third-order valence-corrected chi connectivity index (χ3v) is 6.22. The second-order valence-corrected chi connectivity index (χ2v) is 9.25. The van der Waals surface area contributed by atoms with Crippen LogP contribution in [0.1, 0.15) is 30.5 Å². The smallest absolute Gasteiger partial charge is 0.231 e. The number of nitrogens with zero attached hydrogens (tertiary/aromatic N) is 2. The number of nitrogens with two attached hydrogens (primary N) is 1. The molecule has 1 unspecified atom stereocenters. The average molecular weight is 458 g/mol. The molecule has 0 saturated heterocycles. The lowest BCUT2D eigenvalue weighted by Crippen LogP contribution is -2.37. The minimum atomic E-state index is -0.362. The Balaban J connectivity index is 1.61. The number of rotatable bonds is 9. The Hall–Kier alpha value is -3.35. The number of allylic oxidation sites excluding steroid dienone is 3. The Kier molecular flexibility index (Phi) is 7.50. The summed E-state index contributed by atoms with van der Waals surface area (Å²) >= 11 is 0. The van der Waals surface area contributed by atoms with Gasteiger partial charge in [0.15, 0.2) is 0 Å². The molecule has 4 rings (SSSR count). The number of benzene rings is 2. The summed E-state index contributed by atoms with van der Waals surface area (Å²) in [5, 5.41) is 5.26. The maximum Gasteiger partial charge on any atom is 0.231 e. The molecule has 0 saturated carbocycles. The number of carbonyl (C=O) groups is 1. The van der Waals surface area contributed by atoms with E-state index in [1.165, 1.54) is 5.56 Å². The van der Waals surface area contributed by atoms with Crippen LogP contribution in [-0.4, -0.2) is 42.0 Å². The van der Waals surface area contributed by atoms with Crippen LogP contribution in [0.25, 0.3) is 5.57 Å². The van der Waals surface area contributed by atoms with E-state index in [0.717, 1.165) is 41.1 Å². The van der Waals surface area contributed by atoms with Gasteiger partial charge in [-0.1, -0.05) is 54.6 Å². The van der Waals surface area contributed by atoms with Gasteiger partial charge < -0.3 is 21.4 Å². The maximum atomic E-state index is 13.4. The molecule has 6 nitrogen and oxygen atoms in total. The summed E-state index contributed by atoms with van der Waals surface area (Å²) in [4.78, 5) is 15.6. The van der Waals surface area contributed by atoms with Gasteiger partial charge in [0.2, 0.25) is 5.91 Å². The topological polar surface area (TPSA) is 73.6 Å². The molecule has 0 spiro atoms. The zero-order chi connectivity index (χ0) is 24.1. The summed E-state index contributed by atoms with van der Waals surface area (Å²) in [5.74, 6) is -0.358. The van der Waals surface area contributed by atoms with Crippen LogP contribution in [0.3, 0.4) is 0 Å². The predicted molar refractivity (Wildman–Crippen MR) is 138 cm³/mol. The molecule has 2 aromatic rings. The Morgan fingerprint density at radius 1 is 1.15 bits per heavy atom. The molecular formula is C28H35N5O. The minimum Gasteiger partial charge on any atom is -0.351 e. The number of likely N-dealkylation sites (N-methyl/N-ethyl adjacent to an activating group) is 1. The number of fused-ring (bicyclic) bond motifs is 1. The summed E-state index contributed by atoms with van der Waals surface area (Å²) < 4.78 is 0. The van der Waals surface area contributed by atoms with Gasteiger partial charge in [0, 0.05) is 44.0 Å². The Labute approximate surface area is 202 Å². The molecule has 1 amide bonds. The standard InChI is InChI=1S/C28H35N5O/c1-20(2)33-27-16-24(23-11-7-10-22(14-23)19-32(3)13-12-29)15-25(26(27)18-31-33)28(34)30-17-21-8-5-4-6-9-21/h4-11,14-16,18,20,25,31H,12-13,17,19,29H2,1-3H3,(H,30,34). The van der Waals surface area contributed by atoms with Crippen molar-refractivity contribution in [2.75, 3.05) is 20.1 Å². The van der Waals surface area contributed by atoms with Crippen LogP contribution in [0, 0.1) is 5.92 Å². The molecule has 34 heavy (non-hydrogen) atoms. The summed E-state index contributed by atoms with van der Waals surface area (Å²) in [6.07, 6.45) is 6.24. The number of carbonyl (C=O) groups excluding carboxylic acids is 1. The molecule has 6 heteroatoms. The van der Waals surface area contributed by atoms with Gasteiger partial charge in [-0.05, 0) is 55.3 Å². The monoisotopic (exact) mass is 457 g/mol. The molecule has 1 heterocycles. The first-order chi connectivity index (χ1) is 16.5. The second kappa shape index (κ2) is 10.7. The van der Waals surface area contributed by atoms with Gasteiger partial charge in [-0.25, -0.2) is 0 Å². The highest BCUT2D eigenvalue weighted by Gasteiger charge is 2.34. The molecule has 0 fully saturated rings. The summed E-state index contributed by atoms with van der Waals surface area (Å²) in [5.41, 5.74) is 15.6. The van der Waals surface area contributed by atoms with Crippen LogP contribution in [0.5, 0.6) is 0 Å². The van der Waals surface area contributed by atoms with Crippen molar-refractivity contribution in [1.29, 1.82) is 0 Å². The number of amides is 1. The van der Waals surface area contributed by atoms with E-state index in [9.17, 15) is 4.79 Å². The van der Waals surface area contributed by atoms with Crippen LogP contribution >= 0.6 is 0 Å². The zero-order valence-corrected chi connectivity index (χ0v) is 20.3. The lowest BCUT2D eigenvalue weighted by molar-refractivity contribution is -0.122. The number of hydrazine groups is 1. The van der Waals surface area contributed by atoms with Crippen LogP contribution in [-0.2, 0) is 17.9 Å². The van der Waals surface area contributed by atoms with E-state index in [-0.39, 0.29) is 17.9 Å². The van der Waals surface area contributed by atoms with Crippen molar-refractivity contribution >= 4 is 11.5 Å². The molecule has 0 bridgehead atoms. The quantitative estimate of drug-likeness (QED) is 0.538. The van der Waals surface area contributed by atoms with Crippen molar-refractivity contribution in [3.63, 3.8) is 0 Å². The molecule has 4 N–H and O–H groups in total. The minimum absolute atomic E-state index is 0.00411. The first kappa shape index (κ1) is 23.8. The highest BCUT2D eigenvalue weighted by Crippen LogP contribution is 2.37. The number of nitrogens with one attached hydrogen (secondary N) is 2. The molecule has 1 aliphatic carbocycles. The molecule has 178 valence electrons. The molecule has 1 aliphatic heterocycles. The number of hydrogen-bond acceptors (Lipinski definition) is 5. The van der Waals surface area contributed by atoms with Crippen LogP contribution in [0.15, 0.2) is 84.2 Å². The molecule has 0 aromatic heterocycles. The lowest BCUT2D eigenvalue weighted by atomic mass is 9.85. The normalized spacial score (nSPS) is 17.2. The fraction of sp³-hybridized carbons (Fsp3) is 0.321. The van der Waals surface area contributed by atoms with E-state index in [1.54, 1.807) is 0 Å². The van der Waals surface area contributed by atoms with E-state index < -0.39 is 0 Å². The molecule has 1 atom stereocenters. The van der Waals surface area contributed by atoms with Crippen molar-refractivity contribution in [3.8, 4) is 0 Å². The average Bonchev–Trinajstić information content (AvgIpc) is 3.27. The van der Waals surface area contributed by atoms with E-state index in [0.29, 0.717) is 13.1 Å². The third-order valence-electron chi connectivity index (χ3n) is 6.22. The van der Waals surface area contributed by atoms with Gasteiger partial charge in [0.25, 0.3) is 0 Å². The van der Waals surface area contributed by atoms with Gasteiger partial charge in [0.05, 0.1) is 11.6 Å². The van der Waals surface area contributed by atoms with Gasteiger partial charge in [-0.2, -0.15) is 0 Å². The van der Waals surface area contributed by atoms with Crippen molar-refractivity contribution in [2.45, 2.75) is 33.0 Å². The van der Waals surface area contributed by atoms with Gasteiger partial charge in [-0.15, -0.1) is 0 Å². The largest absolute Gasteiger partial charge is 0.351 e. The SMILES string of the molecule is CC(C)N1NC=C2C1=CC(c1cccc(CN(C)CCN)c1)=CC2C(=O)NCc1ccccc1. The van der Waals surface area contributed by atoms with E-state index in [4.69, 9.17) is 5.73 Å². The highest BCUT2D eigenvalue weighted by atomic mass is 16.1. The van der Waals surface area contributed by atoms with Crippen molar-refractivity contribution in [2.24, 2.45) is 11.7 Å². The van der Waals surface area contributed by atoms with E-state index in [2.05, 4.69) is 78.0 Å². The first-order valence-electron chi connectivity index (χ1n) is 11.9. The van der Waals surface area contributed by atoms with Gasteiger partial charge >= 0.3 is 0 Å². The van der Waals surface area contributed by atoms with E-state index >= 15 is 0 Å². The first-order valence-corrected chi connectivity index (χ1v) is 11.9. The fourth-order valence-corrected chi connectivity index (χ4v) is 4.47. The Morgan fingerprint density at radius 2 is 1.91 bits per heavy atom. The maximum absolute atomic E-state index is 13.4. The molecule has 2 aromatic carbocycles. The fourth-order valence-electron chi connectivity index (χ4n) is 4.47. The molecular weight excluding hydrogens is 422 g/mol. The van der Waals surface area contributed by atoms with Gasteiger partial charge in [-0.3, -0.25) is 9.80 Å². The Bertz CT molecular complexity index is 1100. The van der Waals surface area contributed by atoms with Crippen molar-refractivity contribution in [3.05, 3.63) is 101 Å². The van der Waals surface area contributed by atoms with Crippen LogP contribution < -0.4 is 16.5 Å². The van der Waals surface area contributed by atoms with Crippen molar-refractivity contribution < 1.29 is 4.79 Å². The molecule has 2 aliphatic rings. The second-order valence-electron chi connectivity index (χ2n) is 9.25. The summed E-state index contributed by atoms with van der Waals surface area (Å²) in [6, 6.07) is 18.8. The lowest BCUT2D eigenvalue weighted by Gasteiger charge is -2.30. The molecule has 0 radical (unpaired) electrons. The van der Waals surface area contributed by atoms with E-state index in [1.807, 2.05) is 36.5 Å². The predicted octanol–water partition coefficient (Wildman–Crippen LogP) is 3.40. The zero-order valence-electron chi connectivity index (χ0n) is 20.3.